The van der Waals surface area contributed by atoms with Crippen molar-refractivity contribution in [3.05, 3.63) is 36.5 Å². The van der Waals surface area contributed by atoms with Gasteiger partial charge in [0.25, 0.3) is 5.91 Å². The maximum absolute atomic E-state index is 11.7. The number of hydrogen-bond donors (Lipinski definition) is 0. The average Bonchev–Trinajstić information content (AvgIpc) is 2.26. The molecule has 0 fully saturated rings. The zero-order valence-corrected chi connectivity index (χ0v) is 10.2. The predicted molar refractivity (Wildman–Crippen MR) is 66.0 cm³/mol. The van der Waals surface area contributed by atoms with Crippen molar-refractivity contribution < 1.29 is 9.59 Å². The number of rotatable bonds is 6. The van der Waals surface area contributed by atoms with E-state index < -0.39 is 0 Å². The van der Waals surface area contributed by atoms with Gasteiger partial charge in [-0.2, -0.15) is 0 Å². The second-order valence-corrected chi connectivity index (χ2v) is 3.65. The Kier molecular flexibility index (Phi) is 6.08. The van der Waals surface area contributed by atoms with Crippen LogP contribution in [-0.4, -0.2) is 30.2 Å². The molecule has 0 saturated carbocycles. The van der Waals surface area contributed by atoms with E-state index in [2.05, 4.69) is 13.2 Å². The lowest BCUT2D eigenvalue weighted by molar-refractivity contribution is -0.125. The molecule has 0 aliphatic heterocycles. The van der Waals surface area contributed by atoms with Gasteiger partial charge >= 0.3 is 0 Å². The SMILES string of the molecule is C=CC(=O)/C(C)=C/C(=C)C(=O)N(C)CCC. The fourth-order valence-electron chi connectivity index (χ4n) is 1.24. The van der Waals surface area contributed by atoms with Gasteiger partial charge in [0, 0.05) is 19.2 Å². The second kappa shape index (κ2) is 6.77. The minimum absolute atomic E-state index is 0.155. The number of ketones is 1. The normalized spacial score (nSPS) is 10.8. The van der Waals surface area contributed by atoms with Crippen LogP contribution >= 0.6 is 0 Å². The van der Waals surface area contributed by atoms with Gasteiger partial charge in [-0.05, 0) is 31.1 Å². The van der Waals surface area contributed by atoms with E-state index >= 15 is 0 Å². The van der Waals surface area contributed by atoms with Crippen LogP contribution < -0.4 is 0 Å². The molecule has 1 amide bonds. The first kappa shape index (κ1) is 14.4. The highest BCUT2D eigenvalue weighted by atomic mass is 16.2. The van der Waals surface area contributed by atoms with Crippen LogP contribution in [0.15, 0.2) is 36.5 Å². The van der Waals surface area contributed by atoms with Crippen molar-refractivity contribution in [2.75, 3.05) is 13.6 Å². The molecule has 0 spiro atoms. The molecule has 3 heteroatoms. The highest BCUT2D eigenvalue weighted by Gasteiger charge is 2.11. The van der Waals surface area contributed by atoms with Gasteiger partial charge < -0.3 is 4.90 Å². The van der Waals surface area contributed by atoms with Crippen molar-refractivity contribution in [1.29, 1.82) is 0 Å². The zero-order valence-electron chi connectivity index (χ0n) is 10.2. The molecule has 0 bridgehead atoms. The lowest BCUT2D eigenvalue weighted by Crippen LogP contribution is -2.28. The highest BCUT2D eigenvalue weighted by molar-refractivity contribution is 6.05. The summed E-state index contributed by atoms with van der Waals surface area (Å²) in [6.45, 7) is 11.4. The fraction of sp³-hybridized carbons (Fsp3) is 0.385. The average molecular weight is 221 g/mol. The number of allylic oxidation sites excluding steroid dienone is 2. The molecule has 16 heavy (non-hydrogen) atoms. The number of carbonyl (C=O) groups excluding carboxylic acids is 2. The lowest BCUT2D eigenvalue weighted by atomic mass is 10.1. The Labute approximate surface area is 97.1 Å². The highest BCUT2D eigenvalue weighted by Crippen LogP contribution is 2.05. The Hall–Kier alpha value is -1.64. The quantitative estimate of drug-likeness (QED) is 0.509. The smallest absolute Gasteiger partial charge is 0.253 e. The van der Waals surface area contributed by atoms with Gasteiger partial charge in [-0.3, -0.25) is 9.59 Å². The molecule has 0 aromatic rings. The van der Waals surface area contributed by atoms with Gasteiger partial charge in [0.05, 0.1) is 0 Å². The minimum Gasteiger partial charge on any atom is -0.342 e. The number of carbonyl (C=O) groups is 2. The maximum Gasteiger partial charge on any atom is 0.253 e. The van der Waals surface area contributed by atoms with Gasteiger partial charge in [-0.25, -0.2) is 0 Å². The van der Waals surface area contributed by atoms with Crippen molar-refractivity contribution in [1.82, 2.24) is 4.90 Å². The Balaban J connectivity index is 4.64. The molecule has 0 N–H and O–H groups in total. The van der Waals surface area contributed by atoms with Crippen LogP contribution in [0.4, 0.5) is 0 Å². The molecule has 0 aromatic carbocycles. The van der Waals surface area contributed by atoms with E-state index in [4.69, 9.17) is 0 Å². The zero-order chi connectivity index (χ0) is 12.7. The van der Waals surface area contributed by atoms with Gasteiger partial charge in [-0.15, -0.1) is 0 Å². The standard InChI is InChI=1S/C13H19NO2/c1-6-8-14(5)13(16)11(4)9-10(3)12(15)7-2/h7,9H,2,4,6,8H2,1,3,5H3/b10-9+. The Bertz CT molecular complexity index is 340. The van der Waals surface area contributed by atoms with Gasteiger partial charge in [0.15, 0.2) is 5.78 Å². The molecule has 0 heterocycles. The van der Waals surface area contributed by atoms with Gasteiger partial charge in [0.1, 0.15) is 0 Å². The summed E-state index contributed by atoms with van der Waals surface area (Å²) in [6.07, 6.45) is 3.61. The first-order valence-corrected chi connectivity index (χ1v) is 5.23. The van der Waals surface area contributed by atoms with E-state index in [0.29, 0.717) is 17.7 Å². The predicted octanol–water partition coefficient (Wildman–Crippen LogP) is 2.11. The molecule has 0 unspecified atom stereocenters. The van der Waals surface area contributed by atoms with E-state index in [0.717, 1.165) is 6.42 Å². The Morgan fingerprint density at radius 3 is 2.38 bits per heavy atom. The van der Waals surface area contributed by atoms with Crippen LogP contribution in [0.1, 0.15) is 20.3 Å². The van der Waals surface area contributed by atoms with E-state index in [9.17, 15) is 9.59 Å². The summed E-state index contributed by atoms with van der Waals surface area (Å²) in [6, 6.07) is 0. The van der Waals surface area contributed by atoms with Crippen molar-refractivity contribution in [2.24, 2.45) is 0 Å². The summed E-state index contributed by atoms with van der Waals surface area (Å²) < 4.78 is 0. The Morgan fingerprint density at radius 1 is 1.38 bits per heavy atom. The maximum atomic E-state index is 11.7. The summed E-state index contributed by atoms with van der Waals surface area (Å²) in [5.74, 6) is -0.342. The fourth-order valence-corrected chi connectivity index (χ4v) is 1.24. The molecular weight excluding hydrogens is 202 g/mol. The Morgan fingerprint density at radius 2 is 1.94 bits per heavy atom. The van der Waals surface area contributed by atoms with Crippen LogP contribution in [0.5, 0.6) is 0 Å². The molecule has 0 aromatic heterocycles. The topological polar surface area (TPSA) is 37.4 Å². The summed E-state index contributed by atoms with van der Waals surface area (Å²) in [5.41, 5.74) is 0.793. The largest absolute Gasteiger partial charge is 0.342 e. The van der Waals surface area contributed by atoms with Gasteiger partial charge in [-0.1, -0.05) is 20.1 Å². The molecule has 0 rings (SSSR count). The minimum atomic E-state index is -0.188. The number of nitrogens with zero attached hydrogens (tertiary/aromatic N) is 1. The van der Waals surface area contributed by atoms with Crippen LogP contribution in [-0.2, 0) is 9.59 Å². The summed E-state index contributed by atoms with van der Waals surface area (Å²) >= 11 is 0. The first-order valence-electron chi connectivity index (χ1n) is 5.23. The van der Waals surface area contributed by atoms with Crippen LogP contribution in [0.25, 0.3) is 0 Å². The lowest BCUT2D eigenvalue weighted by Gasteiger charge is -2.16. The monoisotopic (exact) mass is 221 g/mol. The molecule has 88 valence electrons. The number of hydrogen-bond acceptors (Lipinski definition) is 2. The van der Waals surface area contributed by atoms with Crippen molar-refractivity contribution in [2.45, 2.75) is 20.3 Å². The third-order valence-corrected chi connectivity index (χ3v) is 2.15. The molecule has 0 atom stereocenters. The van der Waals surface area contributed by atoms with E-state index in [1.807, 2.05) is 6.92 Å². The molecule has 0 saturated heterocycles. The summed E-state index contributed by atoms with van der Waals surface area (Å²) in [7, 11) is 1.72. The molecule has 0 aliphatic rings. The molecule has 0 aliphatic carbocycles. The van der Waals surface area contributed by atoms with E-state index in [-0.39, 0.29) is 11.7 Å². The van der Waals surface area contributed by atoms with Crippen molar-refractivity contribution in [3.8, 4) is 0 Å². The van der Waals surface area contributed by atoms with Crippen LogP contribution in [0.3, 0.4) is 0 Å². The molecular formula is C13H19NO2. The summed E-state index contributed by atoms with van der Waals surface area (Å²) in [5, 5.41) is 0. The third-order valence-electron chi connectivity index (χ3n) is 2.15. The molecule has 3 nitrogen and oxygen atoms in total. The van der Waals surface area contributed by atoms with Crippen molar-refractivity contribution in [3.63, 3.8) is 0 Å². The van der Waals surface area contributed by atoms with Gasteiger partial charge in [0.2, 0.25) is 0 Å². The molecule has 0 radical (unpaired) electrons. The van der Waals surface area contributed by atoms with E-state index in [1.165, 1.54) is 12.2 Å². The number of likely N-dealkylation sites (N-methyl/N-ethyl adjacent to an activating group) is 1. The second-order valence-electron chi connectivity index (χ2n) is 3.65. The van der Waals surface area contributed by atoms with Crippen molar-refractivity contribution >= 4 is 11.7 Å². The van der Waals surface area contributed by atoms with Crippen LogP contribution in [0.2, 0.25) is 0 Å². The number of amides is 1. The third kappa shape index (κ3) is 4.26. The summed E-state index contributed by atoms with van der Waals surface area (Å²) in [4.78, 5) is 24.5. The van der Waals surface area contributed by atoms with E-state index in [1.54, 1.807) is 18.9 Å². The first-order chi connectivity index (χ1) is 7.43. The van der Waals surface area contributed by atoms with Crippen LogP contribution in [0, 0.1) is 0 Å².